The van der Waals surface area contributed by atoms with Crippen LogP contribution in [-0.4, -0.2) is 40.0 Å². The second-order valence-corrected chi connectivity index (χ2v) is 8.55. The van der Waals surface area contributed by atoms with Crippen LogP contribution >= 0.6 is 0 Å². The largest absolute Gasteiger partial charge is 0.336 e. The second kappa shape index (κ2) is 8.57. The predicted octanol–water partition coefficient (Wildman–Crippen LogP) is 4.20. The molecule has 6 nitrogen and oxygen atoms in total. The summed E-state index contributed by atoms with van der Waals surface area (Å²) in [7, 11) is 0. The monoisotopic (exact) mass is 432 g/mol. The maximum absolute atomic E-state index is 13.5. The van der Waals surface area contributed by atoms with Crippen LogP contribution in [0.3, 0.4) is 0 Å². The lowest BCUT2D eigenvalue weighted by molar-refractivity contribution is -0.121. The van der Waals surface area contributed by atoms with Gasteiger partial charge in [0, 0.05) is 30.0 Å². The summed E-state index contributed by atoms with van der Waals surface area (Å²) in [5, 5.41) is 10.2. The third-order valence-corrected chi connectivity index (χ3v) is 6.40. The van der Waals surface area contributed by atoms with Gasteiger partial charge in [-0.1, -0.05) is 24.3 Å². The first-order valence-electron chi connectivity index (χ1n) is 11.1. The van der Waals surface area contributed by atoms with Crippen molar-refractivity contribution in [2.45, 2.75) is 32.1 Å². The van der Waals surface area contributed by atoms with E-state index in [-0.39, 0.29) is 23.5 Å². The summed E-state index contributed by atoms with van der Waals surface area (Å²) >= 11 is 0. The molecule has 2 N–H and O–H groups in total. The Hall–Kier alpha value is -3.48. The summed E-state index contributed by atoms with van der Waals surface area (Å²) in [6.45, 7) is 1.04. The van der Waals surface area contributed by atoms with Crippen LogP contribution in [0, 0.1) is 11.7 Å². The SMILES string of the molecule is O=C(Nc1ccc(-c2cccc(F)c2)cc1)C1CCCN(C(=O)c2n[nH]c3c2CCC3)C1. The zero-order valence-corrected chi connectivity index (χ0v) is 17.7. The van der Waals surface area contributed by atoms with Crippen molar-refractivity contribution in [3.8, 4) is 11.1 Å². The third-order valence-electron chi connectivity index (χ3n) is 6.40. The minimum Gasteiger partial charge on any atom is -0.336 e. The zero-order valence-electron chi connectivity index (χ0n) is 17.7. The van der Waals surface area contributed by atoms with E-state index in [9.17, 15) is 14.0 Å². The Balaban J connectivity index is 1.23. The van der Waals surface area contributed by atoms with Crippen LogP contribution in [0.4, 0.5) is 10.1 Å². The van der Waals surface area contributed by atoms with E-state index in [0.717, 1.165) is 54.5 Å². The highest BCUT2D eigenvalue weighted by Gasteiger charge is 2.32. The normalized spacial score (nSPS) is 17.8. The molecule has 0 saturated carbocycles. The van der Waals surface area contributed by atoms with Crippen LogP contribution in [0.5, 0.6) is 0 Å². The third kappa shape index (κ3) is 4.02. The van der Waals surface area contributed by atoms with E-state index in [1.54, 1.807) is 11.0 Å². The van der Waals surface area contributed by atoms with Crippen molar-refractivity contribution in [1.82, 2.24) is 15.1 Å². The number of carbonyl (C=O) groups excluding carboxylic acids is 2. The number of anilines is 1. The molecule has 1 aliphatic heterocycles. The molecule has 1 aliphatic carbocycles. The number of aryl methyl sites for hydroxylation is 1. The average molecular weight is 432 g/mol. The van der Waals surface area contributed by atoms with Crippen molar-refractivity contribution in [1.29, 1.82) is 0 Å². The Morgan fingerprint density at radius 2 is 1.91 bits per heavy atom. The molecule has 1 unspecified atom stereocenters. The smallest absolute Gasteiger partial charge is 0.274 e. The molecule has 164 valence electrons. The second-order valence-electron chi connectivity index (χ2n) is 8.55. The first-order valence-corrected chi connectivity index (χ1v) is 11.1. The Kier molecular flexibility index (Phi) is 5.47. The number of halogens is 1. The van der Waals surface area contributed by atoms with E-state index >= 15 is 0 Å². The Morgan fingerprint density at radius 3 is 2.72 bits per heavy atom. The van der Waals surface area contributed by atoms with Gasteiger partial charge in [0.15, 0.2) is 5.69 Å². The van der Waals surface area contributed by atoms with Gasteiger partial charge >= 0.3 is 0 Å². The molecule has 3 aromatic rings. The number of benzene rings is 2. The topological polar surface area (TPSA) is 78.1 Å². The number of aromatic nitrogens is 2. The number of hydrogen-bond acceptors (Lipinski definition) is 3. The van der Waals surface area contributed by atoms with Crippen LogP contribution in [-0.2, 0) is 17.6 Å². The van der Waals surface area contributed by atoms with Crippen molar-refractivity contribution in [2.75, 3.05) is 18.4 Å². The van der Waals surface area contributed by atoms with Gasteiger partial charge in [0.1, 0.15) is 5.82 Å². The van der Waals surface area contributed by atoms with Crippen LogP contribution in [0.1, 0.15) is 41.0 Å². The highest BCUT2D eigenvalue weighted by molar-refractivity contribution is 5.96. The molecule has 0 spiro atoms. The lowest BCUT2D eigenvalue weighted by atomic mass is 9.96. The fourth-order valence-corrected chi connectivity index (χ4v) is 4.68. The van der Waals surface area contributed by atoms with Crippen LogP contribution in [0.25, 0.3) is 11.1 Å². The summed E-state index contributed by atoms with van der Waals surface area (Å²) in [6, 6.07) is 13.8. The number of rotatable bonds is 4. The molecular formula is C25H25FN4O2. The summed E-state index contributed by atoms with van der Waals surface area (Å²) in [5.74, 6) is -0.715. The van der Waals surface area contributed by atoms with Crippen molar-refractivity contribution in [3.63, 3.8) is 0 Å². The Bertz CT molecular complexity index is 1160. The van der Waals surface area contributed by atoms with Gasteiger partial charge < -0.3 is 10.2 Å². The number of H-pyrrole nitrogens is 1. The fourth-order valence-electron chi connectivity index (χ4n) is 4.68. The molecule has 1 aromatic heterocycles. The van der Waals surface area contributed by atoms with Gasteiger partial charge in [-0.3, -0.25) is 14.7 Å². The first kappa shape index (κ1) is 20.4. The molecule has 7 heteroatoms. The van der Waals surface area contributed by atoms with Gasteiger partial charge in [-0.2, -0.15) is 5.10 Å². The quantitative estimate of drug-likeness (QED) is 0.649. The van der Waals surface area contributed by atoms with E-state index in [1.165, 1.54) is 12.1 Å². The van der Waals surface area contributed by atoms with E-state index in [1.807, 2.05) is 30.3 Å². The number of nitrogens with one attached hydrogen (secondary N) is 2. The molecule has 5 rings (SSSR count). The van der Waals surface area contributed by atoms with Crippen LogP contribution in [0.15, 0.2) is 48.5 Å². The molecule has 2 heterocycles. The van der Waals surface area contributed by atoms with Gasteiger partial charge in [-0.15, -0.1) is 0 Å². The summed E-state index contributed by atoms with van der Waals surface area (Å²) in [6.07, 6.45) is 4.41. The highest BCUT2D eigenvalue weighted by atomic mass is 19.1. The average Bonchev–Trinajstić information content (AvgIpc) is 3.43. The number of nitrogens with zero attached hydrogens (tertiary/aromatic N) is 2. The Morgan fingerprint density at radius 1 is 1.06 bits per heavy atom. The maximum Gasteiger partial charge on any atom is 0.274 e. The van der Waals surface area contributed by atoms with E-state index in [0.29, 0.717) is 24.5 Å². The highest BCUT2D eigenvalue weighted by Crippen LogP contribution is 2.27. The van der Waals surface area contributed by atoms with E-state index in [2.05, 4.69) is 15.5 Å². The summed E-state index contributed by atoms with van der Waals surface area (Å²) in [5.41, 5.74) is 4.98. The fraction of sp³-hybridized carbons (Fsp3) is 0.320. The predicted molar refractivity (Wildman–Crippen MR) is 120 cm³/mol. The van der Waals surface area contributed by atoms with Gasteiger partial charge in [-0.25, -0.2) is 4.39 Å². The number of carbonyl (C=O) groups is 2. The lowest BCUT2D eigenvalue weighted by Gasteiger charge is -2.31. The van der Waals surface area contributed by atoms with E-state index in [4.69, 9.17) is 0 Å². The minimum absolute atomic E-state index is 0.0821. The number of amides is 2. The van der Waals surface area contributed by atoms with Gasteiger partial charge in [-0.05, 0) is 67.5 Å². The Labute approximate surface area is 185 Å². The van der Waals surface area contributed by atoms with Crippen molar-refractivity contribution >= 4 is 17.5 Å². The molecule has 1 fully saturated rings. The first-order chi connectivity index (χ1) is 15.6. The molecule has 32 heavy (non-hydrogen) atoms. The molecule has 2 amide bonds. The van der Waals surface area contributed by atoms with Crippen molar-refractivity contribution in [3.05, 3.63) is 71.3 Å². The number of aromatic amines is 1. The summed E-state index contributed by atoms with van der Waals surface area (Å²) in [4.78, 5) is 27.7. The number of fused-ring (bicyclic) bond motifs is 1. The lowest BCUT2D eigenvalue weighted by Crippen LogP contribution is -2.44. The maximum atomic E-state index is 13.5. The molecule has 1 saturated heterocycles. The molecule has 2 aromatic carbocycles. The molecule has 0 bridgehead atoms. The van der Waals surface area contributed by atoms with Crippen molar-refractivity contribution < 1.29 is 14.0 Å². The van der Waals surface area contributed by atoms with Gasteiger partial charge in [0.25, 0.3) is 5.91 Å². The molecular weight excluding hydrogens is 407 g/mol. The number of hydrogen-bond donors (Lipinski definition) is 2. The number of piperidine rings is 1. The standard InChI is InChI=1S/C25H25FN4O2/c26-19-6-1-4-17(14-19)16-9-11-20(12-10-16)27-24(31)18-5-3-13-30(15-18)25(32)23-21-7-2-8-22(21)28-29-23/h1,4,6,9-12,14,18H,2-3,5,7-8,13,15H2,(H,27,31)(H,28,29). The van der Waals surface area contributed by atoms with Gasteiger partial charge in [0.05, 0.1) is 5.92 Å². The van der Waals surface area contributed by atoms with Crippen LogP contribution in [0.2, 0.25) is 0 Å². The van der Waals surface area contributed by atoms with Gasteiger partial charge in [0.2, 0.25) is 5.91 Å². The number of likely N-dealkylation sites (tertiary alicyclic amines) is 1. The summed E-state index contributed by atoms with van der Waals surface area (Å²) < 4.78 is 13.5. The molecule has 0 radical (unpaired) electrons. The van der Waals surface area contributed by atoms with E-state index < -0.39 is 0 Å². The molecule has 1 atom stereocenters. The van der Waals surface area contributed by atoms with Crippen LogP contribution < -0.4 is 5.32 Å². The molecule has 2 aliphatic rings. The minimum atomic E-state index is -0.281. The van der Waals surface area contributed by atoms with Crippen molar-refractivity contribution in [2.24, 2.45) is 5.92 Å². The zero-order chi connectivity index (χ0) is 22.1.